The molecule has 11 nitrogen and oxygen atoms in total. The van der Waals surface area contributed by atoms with Crippen LogP contribution < -0.4 is 20.9 Å². The predicted octanol–water partition coefficient (Wildman–Crippen LogP) is 0.565. The number of rotatable bonds is 8. The standard InChI is InChI=1S/C21H26N10O/c1-2-24-21(32)29-20-12-16(26-15-27-20)14-30-8-10-31(11-9-30)18-4-5-19(25-7-3-6-22)28-17(18)13-23/h3-7,12,15,22H,2,8-11,14H2,1H3,(H,25,28)(H2,24,26,27,29,32)/p+1/b7-3-,22-6?. The number of allylic oxidation sites excluding steroid dienone is 1. The monoisotopic (exact) mass is 435 g/mol. The van der Waals surface area contributed by atoms with Crippen molar-refractivity contribution in [1.82, 2.24) is 25.2 Å². The minimum atomic E-state index is -0.290. The Morgan fingerprint density at radius 2 is 2.12 bits per heavy atom. The summed E-state index contributed by atoms with van der Waals surface area (Å²) in [7, 11) is 0. The molecule has 0 unspecified atom stereocenters. The van der Waals surface area contributed by atoms with Crippen LogP contribution in [0.25, 0.3) is 0 Å². The van der Waals surface area contributed by atoms with Gasteiger partial charge in [-0.15, -0.1) is 0 Å². The number of hydrogen-bond donors (Lipinski definition) is 4. The van der Waals surface area contributed by atoms with E-state index in [0.717, 1.165) is 37.6 Å². The molecule has 0 spiro atoms. The number of pyridine rings is 1. The largest absolute Gasteiger partial charge is 0.367 e. The van der Waals surface area contributed by atoms with E-state index in [1.807, 2.05) is 19.1 Å². The van der Waals surface area contributed by atoms with Gasteiger partial charge in [0.2, 0.25) is 5.82 Å². The van der Waals surface area contributed by atoms with Gasteiger partial charge in [-0.2, -0.15) is 10.2 Å². The molecule has 3 rings (SSSR count). The number of nitrogens with two attached hydrogens (primary N) is 1. The summed E-state index contributed by atoms with van der Waals surface area (Å²) in [5.41, 5.74) is 2.06. The molecule has 0 atom stereocenters. The Labute approximate surface area is 186 Å². The zero-order valence-corrected chi connectivity index (χ0v) is 18.0. The van der Waals surface area contributed by atoms with Crippen LogP contribution in [0.2, 0.25) is 0 Å². The summed E-state index contributed by atoms with van der Waals surface area (Å²) in [6.07, 6.45) is 5.96. The van der Waals surface area contributed by atoms with E-state index in [4.69, 9.17) is 5.41 Å². The van der Waals surface area contributed by atoms with Crippen LogP contribution in [0.1, 0.15) is 18.3 Å². The number of quaternary nitrogens is 1. The van der Waals surface area contributed by atoms with Gasteiger partial charge in [0, 0.05) is 63.7 Å². The number of nitrogens with one attached hydrogen (secondary N) is 3. The number of carbonyl (C=O) groups is 1. The average molecular weight is 436 g/mol. The molecule has 0 aromatic carbocycles. The fourth-order valence-electron chi connectivity index (χ4n) is 3.36. The van der Waals surface area contributed by atoms with Gasteiger partial charge < -0.3 is 15.6 Å². The van der Waals surface area contributed by atoms with E-state index in [2.05, 4.69) is 41.5 Å². The van der Waals surface area contributed by atoms with Gasteiger partial charge in [0.1, 0.15) is 24.4 Å². The van der Waals surface area contributed by atoms with Crippen molar-refractivity contribution in [3.8, 4) is 6.07 Å². The maximum atomic E-state index is 11.7. The number of hydrogen-bond acceptors (Lipinski definition) is 8. The van der Waals surface area contributed by atoms with Crippen LogP contribution in [-0.4, -0.2) is 64.8 Å². The van der Waals surface area contributed by atoms with E-state index >= 15 is 0 Å². The van der Waals surface area contributed by atoms with E-state index in [1.54, 1.807) is 23.7 Å². The predicted molar refractivity (Wildman–Crippen MR) is 121 cm³/mol. The molecule has 0 saturated carbocycles. The number of nitriles is 1. The summed E-state index contributed by atoms with van der Waals surface area (Å²) < 4.78 is 0. The molecule has 0 radical (unpaired) electrons. The van der Waals surface area contributed by atoms with Gasteiger partial charge in [-0.1, -0.05) is 0 Å². The number of anilines is 2. The Balaban J connectivity index is 1.57. The number of amides is 2. The number of carbonyl (C=O) groups excluding carboxylic acids is 1. The van der Waals surface area contributed by atoms with E-state index < -0.39 is 0 Å². The molecule has 1 fully saturated rings. The zero-order valence-electron chi connectivity index (χ0n) is 18.0. The SMILES string of the molecule is CCNC(=O)Nc1cc(CN2CCN(c3ccc([NH2+]/C=C\C=N)nc3C#N)CC2)ncn1. The third-order valence-corrected chi connectivity index (χ3v) is 4.88. The molecular weight excluding hydrogens is 408 g/mol. The summed E-state index contributed by atoms with van der Waals surface area (Å²) in [4.78, 5) is 29.0. The first-order chi connectivity index (χ1) is 15.6. The molecule has 11 heteroatoms. The molecule has 5 N–H and O–H groups in total. The molecule has 3 heterocycles. The molecule has 0 aliphatic carbocycles. The van der Waals surface area contributed by atoms with Crippen LogP contribution in [0.5, 0.6) is 0 Å². The number of aromatic nitrogens is 3. The van der Waals surface area contributed by atoms with Crippen LogP contribution >= 0.6 is 0 Å². The molecule has 1 saturated heterocycles. The van der Waals surface area contributed by atoms with Gasteiger partial charge >= 0.3 is 6.03 Å². The highest BCUT2D eigenvalue weighted by atomic mass is 16.2. The summed E-state index contributed by atoms with van der Waals surface area (Å²) >= 11 is 0. The van der Waals surface area contributed by atoms with Crippen molar-refractivity contribution in [2.75, 3.05) is 42.9 Å². The van der Waals surface area contributed by atoms with Crippen molar-refractivity contribution >= 4 is 29.6 Å². The Morgan fingerprint density at radius 1 is 1.31 bits per heavy atom. The second kappa shape index (κ2) is 11.5. The van der Waals surface area contributed by atoms with Crippen molar-refractivity contribution in [2.45, 2.75) is 13.5 Å². The first-order valence-corrected chi connectivity index (χ1v) is 10.4. The molecule has 2 aromatic heterocycles. The van der Waals surface area contributed by atoms with E-state index in [9.17, 15) is 10.1 Å². The maximum absolute atomic E-state index is 11.7. The minimum Gasteiger partial charge on any atom is -0.367 e. The third-order valence-electron chi connectivity index (χ3n) is 4.88. The molecule has 0 bridgehead atoms. The van der Waals surface area contributed by atoms with Crippen LogP contribution in [0, 0.1) is 16.7 Å². The molecular formula is C21H27N10O+. The summed E-state index contributed by atoms with van der Waals surface area (Å²) in [5, 5.41) is 23.7. The minimum absolute atomic E-state index is 0.290. The van der Waals surface area contributed by atoms with Crippen LogP contribution in [0.4, 0.5) is 22.1 Å². The maximum Gasteiger partial charge on any atom is 0.320 e. The van der Waals surface area contributed by atoms with E-state index in [0.29, 0.717) is 30.4 Å². The van der Waals surface area contributed by atoms with Gasteiger partial charge in [0.25, 0.3) is 0 Å². The van der Waals surface area contributed by atoms with Gasteiger partial charge in [-0.05, 0) is 13.0 Å². The lowest BCUT2D eigenvalue weighted by atomic mass is 10.2. The summed E-state index contributed by atoms with van der Waals surface area (Å²) in [6.45, 7) is 6.19. The highest BCUT2D eigenvalue weighted by molar-refractivity contribution is 5.88. The Kier molecular flexibility index (Phi) is 8.19. The topological polar surface area (TPSA) is 151 Å². The smallest absolute Gasteiger partial charge is 0.320 e. The highest BCUT2D eigenvalue weighted by Gasteiger charge is 2.21. The lowest BCUT2D eigenvalue weighted by Gasteiger charge is -2.36. The Morgan fingerprint density at radius 3 is 2.84 bits per heavy atom. The highest BCUT2D eigenvalue weighted by Crippen LogP contribution is 2.21. The average Bonchev–Trinajstić information content (AvgIpc) is 2.80. The van der Waals surface area contributed by atoms with E-state index in [-0.39, 0.29) is 6.03 Å². The van der Waals surface area contributed by atoms with Crippen LogP contribution in [0.3, 0.4) is 0 Å². The number of urea groups is 1. The van der Waals surface area contributed by atoms with Crippen molar-refractivity contribution in [3.63, 3.8) is 0 Å². The van der Waals surface area contributed by atoms with Gasteiger partial charge in [-0.3, -0.25) is 15.5 Å². The molecule has 1 aliphatic heterocycles. The fraction of sp³-hybridized carbons (Fsp3) is 0.333. The third kappa shape index (κ3) is 6.31. The van der Waals surface area contributed by atoms with Crippen LogP contribution in [0.15, 0.2) is 36.8 Å². The lowest BCUT2D eigenvalue weighted by molar-refractivity contribution is -0.500. The fourth-order valence-corrected chi connectivity index (χ4v) is 3.36. The normalized spacial score (nSPS) is 14.2. The molecule has 166 valence electrons. The van der Waals surface area contributed by atoms with E-state index in [1.165, 1.54) is 12.5 Å². The van der Waals surface area contributed by atoms with Crippen molar-refractivity contribution in [3.05, 3.63) is 48.2 Å². The molecule has 2 aromatic rings. The second-order valence-electron chi connectivity index (χ2n) is 7.08. The van der Waals surface area contributed by atoms with Gasteiger partial charge in [-0.25, -0.2) is 14.8 Å². The number of piperazine rings is 1. The zero-order chi connectivity index (χ0) is 22.8. The summed E-state index contributed by atoms with van der Waals surface area (Å²) in [6, 6.07) is 7.48. The van der Waals surface area contributed by atoms with Crippen LogP contribution in [-0.2, 0) is 6.54 Å². The first-order valence-electron chi connectivity index (χ1n) is 10.4. The first kappa shape index (κ1) is 22.8. The molecule has 1 aliphatic rings. The van der Waals surface area contributed by atoms with Crippen molar-refractivity contribution in [1.29, 1.82) is 10.7 Å². The Hall–Kier alpha value is -3.88. The molecule has 2 amide bonds. The quantitative estimate of drug-likeness (QED) is 0.442. The van der Waals surface area contributed by atoms with Crippen molar-refractivity contribution in [2.24, 2.45) is 0 Å². The summed E-state index contributed by atoms with van der Waals surface area (Å²) in [5.74, 6) is 1.15. The lowest BCUT2D eigenvalue weighted by Crippen LogP contribution is -2.71. The molecule has 32 heavy (non-hydrogen) atoms. The van der Waals surface area contributed by atoms with Gasteiger partial charge in [0.05, 0.1) is 11.4 Å². The Bertz CT molecular complexity index is 1010. The van der Waals surface area contributed by atoms with Crippen molar-refractivity contribution < 1.29 is 10.1 Å². The number of nitrogens with zero attached hydrogens (tertiary/aromatic N) is 6. The second-order valence-corrected chi connectivity index (χ2v) is 7.08. The van der Waals surface area contributed by atoms with Gasteiger partial charge in [0.15, 0.2) is 5.69 Å².